The lowest BCUT2D eigenvalue weighted by Crippen LogP contribution is -2.40. The average Bonchev–Trinajstić information content (AvgIpc) is 2.67. The minimum atomic E-state index is 0.510. The number of nitrogens with zero attached hydrogens (tertiary/aromatic N) is 3. The lowest BCUT2D eigenvalue weighted by Gasteiger charge is -2.31. The third-order valence-electron chi connectivity index (χ3n) is 4.19. The van der Waals surface area contributed by atoms with Gasteiger partial charge >= 0.3 is 0 Å². The summed E-state index contributed by atoms with van der Waals surface area (Å²) in [4.78, 5) is 9.64. The van der Waals surface area contributed by atoms with Crippen molar-refractivity contribution in [2.75, 3.05) is 31.6 Å². The van der Waals surface area contributed by atoms with Gasteiger partial charge in [0.1, 0.15) is 5.82 Å². The van der Waals surface area contributed by atoms with Gasteiger partial charge < -0.3 is 15.1 Å². The molecule has 1 N–H and O–H groups in total. The lowest BCUT2D eigenvalue weighted by molar-refractivity contribution is 0.327. The van der Waals surface area contributed by atoms with Gasteiger partial charge in [-0.2, -0.15) is 0 Å². The van der Waals surface area contributed by atoms with Crippen LogP contribution in [0.25, 0.3) is 0 Å². The van der Waals surface area contributed by atoms with Gasteiger partial charge in [-0.05, 0) is 38.1 Å². The monoisotopic (exact) mass is 290 g/mol. The third-order valence-corrected chi connectivity index (χ3v) is 4.19. The lowest BCUT2D eigenvalue weighted by atomic mass is 10.1. The fourth-order valence-corrected chi connectivity index (χ4v) is 2.91. The number of hydrogen-bond donors (Lipinski definition) is 1. The third kappa shape index (κ3) is 4.68. The van der Waals surface area contributed by atoms with Crippen molar-refractivity contribution in [3.8, 4) is 0 Å². The minimum absolute atomic E-state index is 0.510. The molecule has 0 spiro atoms. The number of anilines is 1. The predicted octanol–water partition coefficient (Wildman–Crippen LogP) is 2.50. The number of pyridine rings is 1. The van der Waals surface area contributed by atoms with Gasteiger partial charge in [-0.25, -0.2) is 4.98 Å². The topological polar surface area (TPSA) is 31.4 Å². The summed E-state index contributed by atoms with van der Waals surface area (Å²) in [5.41, 5.74) is 1.26. The molecule has 0 bridgehead atoms. The SMILES string of the molecule is CCC1CN(C)CCCN1c1ccc(CNC(C)C)cn1. The van der Waals surface area contributed by atoms with Crippen LogP contribution in [0.4, 0.5) is 5.82 Å². The Morgan fingerprint density at radius 2 is 2.14 bits per heavy atom. The molecule has 0 amide bonds. The van der Waals surface area contributed by atoms with Crippen LogP contribution >= 0.6 is 0 Å². The Hall–Kier alpha value is -1.13. The van der Waals surface area contributed by atoms with Gasteiger partial charge in [-0.15, -0.1) is 0 Å². The van der Waals surface area contributed by atoms with Crippen molar-refractivity contribution in [1.82, 2.24) is 15.2 Å². The zero-order valence-electron chi connectivity index (χ0n) is 14.0. The first-order valence-electron chi connectivity index (χ1n) is 8.23. The quantitative estimate of drug-likeness (QED) is 0.903. The van der Waals surface area contributed by atoms with Crippen LogP contribution in [0.2, 0.25) is 0 Å². The zero-order chi connectivity index (χ0) is 15.2. The minimum Gasteiger partial charge on any atom is -0.352 e. The van der Waals surface area contributed by atoms with Crippen LogP contribution < -0.4 is 10.2 Å². The van der Waals surface area contributed by atoms with Crippen LogP contribution in [0.5, 0.6) is 0 Å². The van der Waals surface area contributed by atoms with Gasteiger partial charge in [0.05, 0.1) is 0 Å². The summed E-state index contributed by atoms with van der Waals surface area (Å²) in [5.74, 6) is 1.13. The molecule has 4 heteroatoms. The molecule has 21 heavy (non-hydrogen) atoms. The Bertz CT molecular complexity index is 415. The van der Waals surface area contributed by atoms with Crippen molar-refractivity contribution < 1.29 is 0 Å². The van der Waals surface area contributed by atoms with Crippen molar-refractivity contribution in [2.24, 2.45) is 0 Å². The Balaban J connectivity index is 2.05. The number of likely N-dealkylation sites (N-methyl/N-ethyl adjacent to an activating group) is 1. The van der Waals surface area contributed by atoms with E-state index in [1.54, 1.807) is 0 Å². The van der Waals surface area contributed by atoms with Gasteiger partial charge in [0, 0.05) is 37.9 Å². The highest BCUT2D eigenvalue weighted by molar-refractivity contribution is 5.41. The molecule has 1 atom stereocenters. The molecule has 1 aromatic heterocycles. The molecule has 1 fully saturated rings. The fraction of sp³-hybridized carbons (Fsp3) is 0.706. The molecule has 1 aliphatic rings. The number of nitrogens with one attached hydrogen (secondary N) is 1. The summed E-state index contributed by atoms with van der Waals surface area (Å²) < 4.78 is 0. The summed E-state index contributed by atoms with van der Waals surface area (Å²) in [6, 6.07) is 5.48. The molecule has 2 rings (SSSR count). The molecule has 0 saturated carbocycles. The van der Waals surface area contributed by atoms with Crippen molar-refractivity contribution in [2.45, 2.75) is 52.2 Å². The van der Waals surface area contributed by atoms with E-state index in [0.29, 0.717) is 12.1 Å². The Labute approximate surface area is 129 Å². The van der Waals surface area contributed by atoms with Gasteiger partial charge in [0.2, 0.25) is 0 Å². The van der Waals surface area contributed by atoms with Crippen molar-refractivity contribution in [1.29, 1.82) is 0 Å². The molecule has 0 aliphatic carbocycles. The molecule has 1 aliphatic heterocycles. The highest BCUT2D eigenvalue weighted by Gasteiger charge is 2.22. The van der Waals surface area contributed by atoms with Crippen LogP contribution in [-0.2, 0) is 6.54 Å². The number of rotatable bonds is 5. The first kappa shape index (κ1) is 16.2. The van der Waals surface area contributed by atoms with Gasteiger partial charge in [-0.1, -0.05) is 26.8 Å². The molecule has 0 aromatic carbocycles. The van der Waals surface area contributed by atoms with E-state index in [1.165, 1.54) is 24.9 Å². The van der Waals surface area contributed by atoms with Gasteiger partial charge in [-0.3, -0.25) is 0 Å². The summed E-state index contributed by atoms with van der Waals surface area (Å²) in [6.45, 7) is 10.9. The maximum Gasteiger partial charge on any atom is 0.128 e. The second-order valence-corrected chi connectivity index (χ2v) is 6.43. The number of hydrogen-bond acceptors (Lipinski definition) is 4. The Kier molecular flexibility index (Phi) is 6.00. The van der Waals surface area contributed by atoms with Crippen LogP contribution in [0.3, 0.4) is 0 Å². The van der Waals surface area contributed by atoms with E-state index >= 15 is 0 Å². The summed E-state index contributed by atoms with van der Waals surface area (Å²) in [6.07, 6.45) is 4.40. The predicted molar refractivity (Wildman–Crippen MR) is 89.8 cm³/mol. The maximum atomic E-state index is 4.71. The van der Waals surface area contributed by atoms with E-state index < -0.39 is 0 Å². The summed E-state index contributed by atoms with van der Waals surface area (Å²) in [5, 5.41) is 3.44. The van der Waals surface area contributed by atoms with E-state index in [2.05, 4.69) is 55.1 Å². The average molecular weight is 290 g/mol. The van der Waals surface area contributed by atoms with E-state index in [9.17, 15) is 0 Å². The highest BCUT2D eigenvalue weighted by atomic mass is 15.3. The standard InChI is InChI=1S/C17H30N4/c1-5-16-13-20(4)9-6-10-21(16)17-8-7-15(12-19-17)11-18-14(2)3/h7-8,12,14,16,18H,5-6,9-11,13H2,1-4H3. The van der Waals surface area contributed by atoms with Gasteiger partial charge in [0.15, 0.2) is 0 Å². The molecular formula is C17H30N4. The Morgan fingerprint density at radius 1 is 1.33 bits per heavy atom. The van der Waals surface area contributed by atoms with Crippen molar-refractivity contribution in [3.05, 3.63) is 23.9 Å². The van der Waals surface area contributed by atoms with Crippen LogP contribution in [0.1, 0.15) is 39.2 Å². The maximum absolute atomic E-state index is 4.71. The fourth-order valence-electron chi connectivity index (χ4n) is 2.91. The number of aromatic nitrogens is 1. The second-order valence-electron chi connectivity index (χ2n) is 6.43. The normalized spacial score (nSPS) is 20.8. The molecular weight excluding hydrogens is 260 g/mol. The van der Waals surface area contributed by atoms with E-state index in [0.717, 1.165) is 25.5 Å². The van der Waals surface area contributed by atoms with Crippen LogP contribution in [0.15, 0.2) is 18.3 Å². The van der Waals surface area contributed by atoms with Gasteiger partial charge in [0.25, 0.3) is 0 Å². The first-order valence-corrected chi connectivity index (χ1v) is 8.23. The molecule has 1 aromatic rings. The summed E-state index contributed by atoms with van der Waals surface area (Å²) in [7, 11) is 2.22. The molecule has 4 nitrogen and oxygen atoms in total. The molecule has 1 unspecified atom stereocenters. The first-order chi connectivity index (χ1) is 10.1. The Morgan fingerprint density at radius 3 is 2.76 bits per heavy atom. The van der Waals surface area contributed by atoms with Crippen LogP contribution in [0, 0.1) is 0 Å². The van der Waals surface area contributed by atoms with Crippen molar-refractivity contribution >= 4 is 5.82 Å². The molecule has 118 valence electrons. The van der Waals surface area contributed by atoms with Crippen LogP contribution in [-0.4, -0.2) is 48.6 Å². The highest BCUT2D eigenvalue weighted by Crippen LogP contribution is 2.20. The second kappa shape index (κ2) is 7.76. The van der Waals surface area contributed by atoms with E-state index in [4.69, 9.17) is 4.98 Å². The molecule has 0 radical (unpaired) electrons. The largest absolute Gasteiger partial charge is 0.352 e. The molecule has 2 heterocycles. The summed E-state index contributed by atoms with van der Waals surface area (Å²) >= 11 is 0. The van der Waals surface area contributed by atoms with E-state index in [-0.39, 0.29) is 0 Å². The van der Waals surface area contributed by atoms with Crippen molar-refractivity contribution in [3.63, 3.8) is 0 Å². The smallest absolute Gasteiger partial charge is 0.128 e. The van der Waals surface area contributed by atoms with E-state index in [1.807, 2.05) is 6.20 Å². The molecule has 1 saturated heterocycles. The zero-order valence-corrected chi connectivity index (χ0v) is 14.0.